The van der Waals surface area contributed by atoms with Crippen molar-refractivity contribution in [3.63, 3.8) is 0 Å². The van der Waals surface area contributed by atoms with Crippen LogP contribution in [0.2, 0.25) is 0 Å². The summed E-state index contributed by atoms with van der Waals surface area (Å²) in [5.41, 5.74) is 2.75. The summed E-state index contributed by atoms with van der Waals surface area (Å²) in [5, 5.41) is 0.974. The van der Waals surface area contributed by atoms with Crippen LogP contribution in [0.4, 0.5) is 0 Å². The van der Waals surface area contributed by atoms with Crippen LogP contribution in [0.25, 0.3) is 10.9 Å². The summed E-state index contributed by atoms with van der Waals surface area (Å²) in [6.07, 6.45) is 4.72. The van der Waals surface area contributed by atoms with Crippen LogP contribution >= 0.6 is 0 Å². The van der Waals surface area contributed by atoms with E-state index in [2.05, 4.69) is 0 Å². The fourth-order valence-corrected chi connectivity index (χ4v) is 5.38. The average molecular weight is 397 g/mol. The SMILES string of the molecule is Cn1cc(C(=O)CCc2ccc(S(=O)(=O)N3CCCC3)cc2)c2ccccc21. The predicted molar refractivity (Wildman–Crippen MR) is 110 cm³/mol. The molecule has 0 atom stereocenters. The fourth-order valence-electron chi connectivity index (χ4n) is 3.86. The quantitative estimate of drug-likeness (QED) is 0.596. The summed E-state index contributed by atoms with van der Waals surface area (Å²) in [6.45, 7) is 1.20. The highest BCUT2D eigenvalue weighted by atomic mass is 32.2. The molecule has 2 heterocycles. The van der Waals surface area contributed by atoms with E-state index in [4.69, 9.17) is 0 Å². The summed E-state index contributed by atoms with van der Waals surface area (Å²) in [5.74, 6) is 0.102. The largest absolute Gasteiger partial charge is 0.350 e. The van der Waals surface area contributed by atoms with Crippen molar-refractivity contribution in [3.8, 4) is 0 Å². The molecule has 1 aliphatic rings. The van der Waals surface area contributed by atoms with Crippen molar-refractivity contribution in [1.82, 2.24) is 8.87 Å². The van der Waals surface area contributed by atoms with Gasteiger partial charge in [-0.1, -0.05) is 30.3 Å². The number of carbonyl (C=O) groups is 1. The third-order valence-electron chi connectivity index (χ3n) is 5.46. The first-order valence-corrected chi connectivity index (χ1v) is 11.1. The Hall–Kier alpha value is -2.44. The summed E-state index contributed by atoms with van der Waals surface area (Å²) in [4.78, 5) is 13.1. The molecular formula is C22H24N2O3S. The van der Waals surface area contributed by atoms with Crippen molar-refractivity contribution in [2.75, 3.05) is 13.1 Å². The van der Waals surface area contributed by atoms with Crippen LogP contribution in [0.1, 0.15) is 35.2 Å². The molecule has 4 rings (SSSR count). The minimum atomic E-state index is -3.39. The summed E-state index contributed by atoms with van der Waals surface area (Å²) in [6, 6.07) is 14.8. The molecule has 0 N–H and O–H groups in total. The number of sulfonamides is 1. The lowest BCUT2D eigenvalue weighted by atomic mass is 10.0. The van der Waals surface area contributed by atoms with Gasteiger partial charge in [0.1, 0.15) is 0 Å². The van der Waals surface area contributed by atoms with Crippen LogP contribution in [-0.2, 0) is 23.5 Å². The molecule has 1 fully saturated rings. The first kappa shape index (κ1) is 18.9. The molecule has 0 radical (unpaired) electrons. The first-order chi connectivity index (χ1) is 13.5. The molecule has 6 heteroatoms. The van der Waals surface area contributed by atoms with Gasteiger partial charge in [-0.3, -0.25) is 4.79 Å². The number of Topliss-reactive ketones (excluding diaryl/α,β-unsaturated/α-hetero) is 1. The van der Waals surface area contributed by atoms with Crippen LogP contribution < -0.4 is 0 Å². The number of aromatic nitrogens is 1. The van der Waals surface area contributed by atoms with Gasteiger partial charge in [0.2, 0.25) is 10.0 Å². The van der Waals surface area contributed by atoms with Crippen molar-refractivity contribution in [1.29, 1.82) is 0 Å². The number of aryl methyl sites for hydroxylation is 2. The minimum Gasteiger partial charge on any atom is -0.350 e. The van der Waals surface area contributed by atoms with E-state index in [0.717, 1.165) is 34.9 Å². The number of hydrogen-bond donors (Lipinski definition) is 0. The van der Waals surface area contributed by atoms with Crippen LogP contribution in [-0.4, -0.2) is 36.2 Å². The maximum absolute atomic E-state index is 12.7. The number of ketones is 1. The molecule has 2 aromatic carbocycles. The first-order valence-electron chi connectivity index (χ1n) is 9.63. The Bertz CT molecular complexity index is 1110. The van der Waals surface area contributed by atoms with Crippen molar-refractivity contribution in [2.24, 2.45) is 7.05 Å². The number of para-hydroxylation sites is 1. The number of benzene rings is 2. The van der Waals surface area contributed by atoms with Gasteiger partial charge in [0, 0.05) is 49.2 Å². The van der Waals surface area contributed by atoms with Crippen LogP contribution in [0.5, 0.6) is 0 Å². The van der Waals surface area contributed by atoms with Gasteiger partial charge in [-0.05, 0) is 43.0 Å². The van der Waals surface area contributed by atoms with Gasteiger partial charge in [-0.25, -0.2) is 8.42 Å². The molecule has 146 valence electrons. The van der Waals surface area contributed by atoms with Crippen molar-refractivity contribution >= 4 is 26.7 Å². The maximum atomic E-state index is 12.7. The second kappa shape index (κ2) is 7.53. The van der Waals surface area contributed by atoms with Gasteiger partial charge in [-0.15, -0.1) is 0 Å². The maximum Gasteiger partial charge on any atom is 0.243 e. The summed E-state index contributed by atoms with van der Waals surface area (Å²) in [7, 11) is -1.44. The lowest BCUT2D eigenvalue weighted by molar-refractivity contribution is 0.0984. The van der Waals surface area contributed by atoms with Crippen molar-refractivity contribution < 1.29 is 13.2 Å². The van der Waals surface area contributed by atoms with E-state index < -0.39 is 10.0 Å². The second-order valence-corrected chi connectivity index (χ2v) is 9.29. The molecule has 0 bridgehead atoms. The van der Waals surface area contributed by atoms with Crippen molar-refractivity contribution in [3.05, 3.63) is 65.9 Å². The molecule has 5 nitrogen and oxygen atoms in total. The van der Waals surface area contributed by atoms with E-state index in [1.165, 1.54) is 0 Å². The topological polar surface area (TPSA) is 59.4 Å². The van der Waals surface area contributed by atoms with Crippen molar-refractivity contribution in [2.45, 2.75) is 30.6 Å². The molecule has 0 unspecified atom stereocenters. The lowest BCUT2D eigenvalue weighted by Gasteiger charge is -2.15. The third kappa shape index (κ3) is 3.50. The van der Waals surface area contributed by atoms with Gasteiger partial charge in [0.05, 0.1) is 4.90 Å². The lowest BCUT2D eigenvalue weighted by Crippen LogP contribution is -2.27. The minimum absolute atomic E-state index is 0.102. The average Bonchev–Trinajstić information content (AvgIpc) is 3.36. The number of rotatable bonds is 6. The smallest absolute Gasteiger partial charge is 0.243 e. The Labute approximate surface area is 165 Å². The van der Waals surface area contributed by atoms with Gasteiger partial charge >= 0.3 is 0 Å². The number of fused-ring (bicyclic) bond motifs is 1. The van der Waals surface area contributed by atoms with Gasteiger partial charge in [0.15, 0.2) is 5.78 Å². The highest BCUT2D eigenvalue weighted by Gasteiger charge is 2.26. The van der Waals surface area contributed by atoms with Gasteiger partial charge < -0.3 is 4.57 Å². The Balaban J connectivity index is 1.45. The van der Waals surface area contributed by atoms with Gasteiger partial charge in [0.25, 0.3) is 0 Å². The van der Waals surface area contributed by atoms with E-state index in [9.17, 15) is 13.2 Å². The molecule has 28 heavy (non-hydrogen) atoms. The fraction of sp³-hybridized carbons (Fsp3) is 0.318. The van der Waals surface area contributed by atoms with Crippen LogP contribution in [0.15, 0.2) is 59.6 Å². The van der Waals surface area contributed by atoms with E-state index in [0.29, 0.717) is 30.8 Å². The number of carbonyl (C=O) groups excluding carboxylic acids is 1. The molecule has 0 aliphatic carbocycles. The highest BCUT2D eigenvalue weighted by molar-refractivity contribution is 7.89. The standard InChI is InChI=1S/C22H24N2O3S/c1-23-16-20(19-6-2-3-7-21(19)23)22(25)13-10-17-8-11-18(12-9-17)28(26,27)24-14-4-5-15-24/h2-3,6-9,11-12,16H,4-5,10,13-15H2,1H3. The summed E-state index contributed by atoms with van der Waals surface area (Å²) < 4.78 is 28.7. The van der Waals surface area contributed by atoms with E-state index in [-0.39, 0.29) is 5.78 Å². The molecule has 1 aromatic heterocycles. The molecule has 0 saturated carbocycles. The predicted octanol–water partition coefficient (Wildman–Crippen LogP) is 3.78. The second-order valence-electron chi connectivity index (χ2n) is 7.35. The molecular weight excluding hydrogens is 372 g/mol. The van der Waals surface area contributed by atoms with Gasteiger partial charge in [-0.2, -0.15) is 4.31 Å². The zero-order chi connectivity index (χ0) is 19.7. The zero-order valence-electron chi connectivity index (χ0n) is 16.0. The molecule has 1 saturated heterocycles. The molecule has 0 amide bonds. The Morgan fingerprint density at radius 2 is 1.68 bits per heavy atom. The zero-order valence-corrected chi connectivity index (χ0v) is 16.8. The monoisotopic (exact) mass is 396 g/mol. The number of hydrogen-bond acceptors (Lipinski definition) is 3. The Morgan fingerprint density at radius 3 is 2.39 bits per heavy atom. The highest BCUT2D eigenvalue weighted by Crippen LogP contribution is 2.23. The molecule has 0 spiro atoms. The number of nitrogens with zero attached hydrogens (tertiary/aromatic N) is 2. The van der Waals surface area contributed by atoms with Crippen LogP contribution in [0.3, 0.4) is 0 Å². The molecule has 3 aromatic rings. The Morgan fingerprint density at radius 1 is 1.00 bits per heavy atom. The van der Waals surface area contributed by atoms with E-state index >= 15 is 0 Å². The van der Waals surface area contributed by atoms with Crippen LogP contribution in [0, 0.1) is 0 Å². The normalized spacial score (nSPS) is 15.3. The van der Waals surface area contributed by atoms with E-state index in [1.54, 1.807) is 16.4 Å². The Kier molecular flexibility index (Phi) is 5.08. The molecule has 1 aliphatic heterocycles. The van der Waals surface area contributed by atoms with E-state index in [1.807, 2.05) is 54.2 Å². The third-order valence-corrected chi connectivity index (χ3v) is 7.38. The summed E-state index contributed by atoms with van der Waals surface area (Å²) >= 11 is 0.